The first-order valence-corrected chi connectivity index (χ1v) is 12.4. The minimum Gasteiger partial charge on any atom is -0.341 e. The summed E-state index contributed by atoms with van der Waals surface area (Å²) in [4.78, 5) is 43.7. The van der Waals surface area contributed by atoms with Crippen molar-refractivity contribution in [2.45, 2.75) is 45.1 Å². The smallest absolute Gasteiger partial charge is 0.263 e. The molecular formula is C25H31N3O3S. The summed E-state index contributed by atoms with van der Waals surface area (Å²) < 4.78 is 0. The van der Waals surface area contributed by atoms with Gasteiger partial charge in [0.15, 0.2) is 0 Å². The predicted octanol–water partition coefficient (Wildman–Crippen LogP) is 3.72. The highest BCUT2D eigenvalue weighted by molar-refractivity contribution is 7.12. The fourth-order valence-corrected chi connectivity index (χ4v) is 5.39. The number of nitrogens with one attached hydrogen (secondary N) is 1. The van der Waals surface area contributed by atoms with Crippen molar-refractivity contribution in [3.05, 3.63) is 57.8 Å². The molecule has 170 valence electrons. The van der Waals surface area contributed by atoms with Gasteiger partial charge in [-0.1, -0.05) is 23.8 Å². The number of likely N-dealkylation sites (tertiary alicyclic amines) is 2. The van der Waals surface area contributed by atoms with Crippen LogP contribution in [-0.2, 0) is 4.79 Å². The molecule has 0 aliphatic carbocycles. The molecule has 0 radical (unpaired) electrons. The van der Waals surface area contributed by atoms with Gasteiger partial charge in [0.2, 0.25) is 5.91 Å². The number of thiophene rings is 1. The van der Waals surface area contributed by atoms with Crippen LogP contribution in [0.4, 0.5) is 0 Å². The first-order chi connectivity index (χ1) is 15.5. The zero-order chi connectivity index (χ0) is 22.5. The van der Waals surface area contributed by atoms with Crippen molar-refractivity contribution in [1.82, 2.24) is 15.1 Å². The summed E-state index contributed by atoms with van der Waals surface area (Å²) in [6, 6.07) is 10.6. The predicted molar refractivity (Wildman–Crippen MR) is 126 cm³/mol. The molecule has 32 heavy (non-hydrogen) atoms. The summed E-state index contributed by atoms with van der Waals surface area (Å²) in [5.41, 5.74) is 1.59. The lowest BCUT2D eigenvalue weighted by atomic mass is 9.87. The minimum absolute atomic E-state index is 0.0190. The SMILES string of the molecule is Cc1cccc(C(=O)NC(C(=O)N2CCCCC2)C2CCN(C(=O)c3cccs3)CC2)c1. The Morgan fingerprint density at radius 3 is 2.38 bits per heavy atom. The van der Waals surface area contributed by atoms with Crippen LogP contribution in [0.15, 0.2) is 41.8 Å². The molecule has 2 aliphatic rings. The van der Waals surface area contributed by atoms with Crippen molar-refractivity contribution in [3.63, 3.8) is 0 Å². The van der Waals surface area contributed by atoms with Gasteiger partial charge in [0.05, 0.1) is 4.88 Å². The minimum atomic E-state index is -0.555. The molecule has 0 saturated carbocycles. The Morgan fingerprint density at radius 2 is 1.72 bits per heavy atom. The van der Waals surface area contributed by atoms with Crippen LogP contribution in [-0.4, -0.2) is 59.7 Å². The molecule has 1 atom stereocenters. The summed E-state index contributed by atoms with van der Waals surface area (Å²) in [6.07, 6.45) is 4.58. The van der Waals surface area contributed by atoms with Crippen molar-refractivity contribution >= 4 is 29.1 Å². The quantitative estimate of drug-likeness (QED) is 0.750. The number of hydrogen-bond acceptors (Lipinski definition) is 4. The molecule has 2 aliphatic heterocycles. The van der Waals surface area contributed by atoms with E-state index in [4.69, 9.17) is 0 Å². The van der Waals surface area contributed by atoms with Gasteiger partial charge in [0.25, 0.3) is 11.8 Å². The van der Waals surface area contributed by atoms with E-state index in [9.17, 15) is 14.4 Å². The third kappa shape index (κ3) is 5.21. The Morgan fingerprint density at radius 1 is 0.969 bits per heavy atom. The highest BCUT2D eigenvalue weighted by Crippen LogP contribution is 2.25. The fourth-order valence-electron chi connectivity index (χ4n) is 4.70. The maximum atomic E-state index is 13.5. The van der Waals surface area contributed by atoms with Crippen molar-refractivity contribution < 1.29 is 14.4 Å². The molecule has 4 rings (SSSR count). The number of nitrogens with zero attached hydrogens (tertiary/aromatic N) is 2. The Bertz CT molecular complexity index is 945. The van der Waals surface area contributed by atoms with E-state index in [2.05, 4.69) is 5.32 Å². The standard InChI is InChI=1S/C25H31N3O3S/c1-18-7-5-8-20(17-18)23(29)26-22(25(31)27-12-3-2-4-13-27)19-10-14-28(15-11-19)24(30)21-9-6-16-32-21/h5-9,16-17,19,22H,2-4,10-15H2,1H3,(H,26,29). The van der Waals surface area contributed by atoms with Crippen molar-refractivity contribution in [3.8, 4) is 0 Å². The first-order valence-electron chi connectivity index (χ1n) is 11.5. The van der Waals surface area contributed by atoms with Crippen LogP contribution in [0.3, 0.4) is 0 Å². The van der Waals surface area contributed by atoms with Gasteiger partial charge in [-0.05, 0) is 68.5 Å². The summed E-state index contributed by atoms with van der Waals surface area (Å²) in [6.45, 7) is 4.67. The van der Waals surface area contributed by atoms with E-state index in [1.54, 1.807) is 6.07 Å². The molecule has 1 aromatic carbocycles. The van der Waals surface area contributed by atoms with E-state index in [1.165, 1.54) is 11.3 Å². The van der Waals surface area contributed by atoms with Crippen LogP contribution in [0.25, 0.3) is 0 Å². The largest absolute Gasteiger partial charge is 0.341 e. The number of aryl methyl sites for hydroxylation is 1. The van der Waals surface area contributed by atoms with E-state index in [0.29, 0.717) is 31.5 Å². The number of carbonyl (C=O) groups excluding carboxylic acids is 3. The van der Waals surface area contributed by atoms with Crippen LogP contribution >= 0.6 is 11.3 Å². The molecular weight excluding hydrogens is 422 g/mol. The van der Waals surface area contributed by atoms with Crippen molar-refractivity contribution in [1.29, 1.82) is 0 Å². The lowest BCUT2D eigenvalue weighted by Gasteiger charge is -2.38. The van der Waals surface area contributed by atoms with Gasteiger partial charge in [0, 0.05) is 31.7 Å². The van der Waals surface area contributed by atoms with Crippen LogP contribution in [0, 0.1) is 12.8 Å². The molecule has 0 bridgehead atoms. The number of amides is 3. The molecule has 3 amide bonds. The van der Waals surface area contributed by atoms with E-state index >= 15 is 0 Å². The molecule has 2 saturated heterocycles. The second-order valence-corrected chi connectivity index (χ2v) is 9.76. The first kappa shape index (κ1) is 22.5. The molecule has 6 nitrogen and oxygen atoms in total. The molecule has 0 spiro atoms. The van der Waals surface area contributed by atoms with Gasteiger partial charge in [-0.2, -0.15) is 0 Å². The maximum absolute atomic E-state index is 13.5. The van der Waals surface area contributed by atoms with E-state index in [-0.39, 0.29) is 23.6 Å². The highest BCUT2D eigenvalue weighted by atomic mass is 32.1. The van der Waals surface area contributed by atoms with Crippen LogP contribution < -0.4 is 5.32 Å². The van der Waals surface area contributed by atoms with E-state index in [1.807, 2.05) is 52.4 Å². The summed E-state index contributed by atoms with van der Waals surface area (Å²) in [5.74, 6) is -0.110. The van der Waals surface area contributed by atoms with Crippen LogP contribution in [0.1, 0.15) is 57.7 Å². The zero-order valence-electron chi connectivity index (χ0n) is 18.6. The Labute approximate surface area is 193 Å². The second kappa shape index (κ2) is 10.3. The highest BCUT2D eigenvalue weighted by Gasteiger charge is 2.36. The lowest BCUT2D eigenvalue weighted by Crippen LogP contribution is -2.55. The summed E-state index contributed by atoms with van der Waals surface area (Å²) >= 11 is 1.45. The number of benzene rings is 1. The molecule has 3 heterocycles. The Balaban J connectivity index is 1.47. The molecule has 1 N–H and O–H groups in total. The van der Waals surface area contributed by atoms with Gasteiger partial charge in [-0.15, -0.1) is 11.3 Å². The molecule has 2 fully saturated rings. The monoisotopic (exact) mass is 453 g/mol. The average Bonchev–Trinajstić information content (AvgIpc) is 3.37. The van der Waals surface area contributed by atoms with Crippen LogP contribution in [0.5, 0.6) is 0 Å². The normalized spacial score (nSPS) is 18.3. The molecule has 2 aromatic rings. The topological polar surface area (TPSA) is 69.7 Å². The van der Waals surface area contributed by atoms with Crippen molar-refractivity contribution in [2.24, 2.45) is 5.92 Å². The van der Waals surface area contributed by atoms with Crippen LogP contribution in [0.2, 0.25) is 0 Å². The van der Waals surface area contributed by atoms with Gasteiger partial charge in [-0.3, -0.25) is 14.4 Å². The molecule has 1 aromatic heterocycles. The lowest BCUT2D eigenvalue weighted by molar-refractivity contribution is -0.136. The Kier molecular flexibility index (Phi) is 7.25. The summed E-state index contributed by atoms with van der Waals surface area (Å²) in [5, 5.41) is 4.98. The second-order valence-electron chi connectivity index (χ2n) is 8.81. The number of hydrogen-bond donors (Lipinski definition) is 1. The number of rotatable bonds is 5. The number of piperidine rings is 2. The number of carbonyl (C=O) groups is 3. The van der Waals surface area contributed by atoms with E-state index in [0.717, 1.165) is 42.8 Å². The van der Waals surface area contributed by atoms with E-state index < -0.39 is 6.04 Å². The fraction of sp³-hybridized carbons (Fsp3) is 0.480. The third-order valence-electron chi connectivity index (χ3n) is 6.53. The molecule has 1 unspecified atom stereocenters. The maximum Gasteiger partial charge on any atom is 0.263 e. The van der Waals surface area contributed by atoms with Gasteiger partial charge < -0.3 is 15.1 Å². The van der Waals surface area contributed by atoms with Gasteiger partial charge >= 0.3 is 0 Å². The third-order valence-corrected chi connectivity index (χ3v) is 7.39. The molecule has 7 heteroatoms. The zero-order valence-corrected chi connectivity index (χ0v) is 19.4. The van der Waals surface area contributed by atoms with Gasteiger partial charge in [0.1, 0.15) is 6.04 Å². The average molecular weight is 454 g/mol. The van der Waals surface area contributed by atoms with Gasteiger partial charge in [-0.25, -0.2) is 0 Å². The van der Waals surface area contributed by atoms with Crippen molar-refractivity contribution in [2.75, 3.05) is 26.2 Å². The Hall–Kier alpha value is -2.67. The summed E-state index contributed by atoms with van der Waals surface area (Å²) in [7, 11) is 0.